The maximum atomic E-state index is 13.3. The van der Waals surface area contributed by atoms with E-state index in [0.29, 0.717) is 22.8 Å². The first-order valence-electron chi connectivity index (χ1n) is 6.81. The second-order valence-electron chi connectivity index (χ2n) is 5.11. The minimum Gasteiger partial charge on any atom is -0.497 e. The van der Waals surface area contributed by atoms with Gasteiger partial charge in [-0.05, 0) is 19.1 Å². The Kier molecular flexibility index (Phi) is 5.14. The molecule has 0 spiro atoms. The van der Waals surface area contributed by atoms with Crippen LogP contribution in [-0.4, -0.2) is 29.3 Å². The molecule has 1 atom stereocenters. The molecule has 0 saturated carbocycles. The van der Waals surface area contributed by atoms with Gasteiger partial charge in [-0.25, -0.2) is 4.98 Å². The molecule has 0 bridgehead atoms. The van der Waals surface area contributed by atoms with E-state index in [9.17, 15) is 23.1 Å². The second-order valence-corrected chi connectivity index (χ2v) is 5.97. The summed E-state index contributed by atoms with van der Waals surface area (Å²) in [4.78, 5) is 15.7. The van der Waals surface area contributed by atoms with Gasteiger partial charge in [0.1, 0.15) is 10.8 Å². The van der Waals surface area contributed by atoms with Crippen LogP contribution >= 0.6 is 11.3 Å². The second kappa shape index (κ2) is 6.78. The Morgan fingerprint density at radius 2 is 2.12 bits per heavy atom. The summed E-state index contributed by atoms with van der Waals surface area (Å²) in [5.74, 6) is -0.551. The van der Waals surface area contributed by atoms with Gasteiger partial charge in [0.15, 0.2) is 0 Å². The third-order valence-corrected chi connectivity index (χ3v) is 4.32. The highest BCUT2D eigenvalue weighted by atomic mass is 32.1. The lowest BCUT2D eigenvalue weighted by Gasteiger charge is -2.27. The van der Waals surface area contributed by atoms with Crippen molar-refractivity contribution in [1.29, 1.82) is 0 Å². The molecule has 0 aliphatic heterocycles. The van der Waals surface area contributed by atoms with E-state index in [4.69, 9.17) is 4.74 Å². The fourth-order valence-electron chi connectivity index (χ4n) is 1.98. The standard InChI is InChI=1S/C15H15F3N2O3S/c1-9-8-24-13(19-9)14(22,15(16,17)18)7-12(21)20-10-4-3-5-11(6-10)23-2/h3-6,8,22H,7H2,1-2H3,(H,20,21). The number of anilines is 1. The van der Waals surface area contributed by atoms with E-state index in [-0.39, 0.29) is 5.69 Å². The molecule has 130 valence electrons. The van der Waals surface area contributed by atoms with E-state index in [1.807, 2.05) is 0 Å². The number of hydrogen-bond donors (Lipinski definition) is 2. The van der Waals surface area contributed by atoms with Crippen molar-refractivity contribution in [3.05, 3.63) is 40.3 Å². The number of carbonyl (C=O) groups is 1. The van der Waals surface area contributed by atoms with E-state index >= 15 is 0 Å². The van der Waals surface area contributed by atoms with Gasteiger partial charge in [-0.1, -0.05) is 6.07 Å². The number of ether oxygens (including phenoxy) is 1. The summed E-state index contributed by atoms with van der Waals surface area (Å²) >= 11 is 0.657. The molecule has 1 amide bonds. The topological polar surface area (TPSA) is 71.5 Å². The van der Waals surface area contributed by atoms with Crippen LogP contribution in [0, 0.1) is 6.92 Å². The van der Waals surface area contributed by atoms with Crippen molar-refractivity contribution in [3.8, 4) is 5.75 Å². The Balaban J connectivity index is 2.22. The van der Waals surface area contributed by atoms with Crippen molar-refractivity contribution < 1.29 is 27.8 Å². The van der Waals surface area contributed by atoms with Gasteiger partial charge in [0.25, 0.3) is 0 Å². The van der Waals surface area contributed by atoms with E-state index in [2.05, 4.69) is 10.3 Å². The molecule has 2 N–H and O–H groups in total. The molecular formula is C15H15F3N2O3S. The maximum Gasteiger partial charge on any atom is 0.424 e. The summed E-state index contributed by atoms with van der Waals surface area (Å²) in [5, 5.41) is 13.3. The highest BCUT2D eigenvalue weighted by Crippen LogP contribution is 2.43. The Labute approximate surface area is 140 Å². The predicted octanol–water partition coefficient (Wildman–Crippen LogP) is 3.24. The number of methoxy groups -OCH3 is 1. The molecule has 0 aliphatic rings. The van der Waals surface area contributed by atoms with Crippen LogP contribution in [0.3, 0.4) is 0 Å². The SMILES string of the molecule is COc1cccc(NC(=O)CC(O)(c2nc(C)cs2)C(F)(F)F)c1. The van der Waals surface area contributed by atoms with E-state index in [1.54, 1.807) is 12.1 Å². The smallest absolute Gasteiger partial charge is 0.424 e. The van der Waals surface area contributed by atoms with Crippen molar-refractivity contribution in [2.24, 2.45) is 0 Å². The molecule has 2 aromatic rings. The van der Waals surface area contributed by atoms with Crippen LogP contribution in [-0.2, 0) is 10.4 Å². The Morgan fingerprint density at radius 1 is 1.42 bits per heavy atom. The van der Waals surface area contributed by atoms with Crippen LogP contribution in [0.15, 0.2) is 29.6 Å². The van der Waals surface area contributed by atoms with Gasteiger partial charge < -0.3 is 15.2 Å². The predicted molar refractivity (Wildman–Crippen MR) is 83.0 cm³/mol. The minimum absolute atomic E-state index is 0.263. The zero-order valence-electron chi connectivity index (χ0n) is 12.8. The minimum atomic E-state index is -5.04. The number of aromatic nitrogens is 1. The molecule has 9 heteroatoms. The molecule has 1 heterocycles. The number of hydrogen-bond acceptors (Lipinski definition) is 5. The number of alkyl halides is 3. The van der Waals surface area contributed by atoms with Gasteiger partial charge in [0, 0.05) is 22.8 Å². The average molecular weight is 360 g/mol. The summed E-state index contributed by atoms with van der Waals surface area (Å²) in [6, 6.07) is 6.16. The van der Waals surface area contributed by atoms with Crippen LogP contribution in [0.5, 0.6) is 5.75 Å². The summed E-state index contributed by atoms with van der Waals surface area (Å²) in [5.41, 5.74) is -2.74. The lowest BCUT2D eigenvalue weighted by atomic mass is 9.99. The molecule has 0 fully saturated rings. The molecule has 1 aromatic carbocycles. The first-order valence-corrected chi connectivity index (χ1v) is 7.69. The van der Waals surface area contributed by atoms with Crippen molar-refractivity contribution in [1.82, 2.24) is 4.98 Å². The molecule has 0 aliphatic carbocycles. The normalized spacial score (nSPS) is 14.1. The number of aliphatic hydroxyl groups is 1. The number of aryl methyl sites for hydroxylation is 1. The van der Waals surface area contributed by atoms with Crippen LogP contribution in [0.4, 0.5) is 18.9 Å². The Bertz CT molecular complexity index is 733. The van der Waals surface area contributed by atoms with Gasteiger partial charge >= 0.3 is 6.18 Å². The third kappa shape index (κ3) is 3.85. The third-order valence-electron chi connectivity index (χ3n) is 3.21. The number of rotatable bonds is 5. The van der Waals surface area contributed by atoms with E-state index in [1.165, 1.54) is 31.5 Å². The highest BCUT2D eigenvalue weighted by molar-refractivity contribution is 7.09. The lowest BCUT2D eigenvalue weighted by molar-refractivity contribution is -0.266. The van der Waals surface area contributed by atoms with Crippen LogP contribution in [0.2, 0.25) is 0 Å². The van der Waals surface area contributed by atoms with Gasteiger partial charge in [0.2, 0.25) is 11.5 Å². The van der Waals surface area contributed by atoms with Gasteiger partial charge in [-0.2, -0.15) is 13.2 Å². The van der Waals surface area contributed by atoms with Gasteiger partial charge in [-0.15, -0.1) is 11.3 Å². The molecule has 5 nitrogen and oxygen atoms in total. The molecule has 1 unspecified atom stereocenters. The summed E-state index contributed by atoms with van der Waals surface area (Å²) in [6.07, 6.45) is -6.23. The van der Waals surface area contributed by atoms with Crippen molar-refractivity contribution in [2.75, 3.05) is 12.4 Å². The zero-order chi connectivity index (χ0) is 18.0. The quantitative estimate of drug-likeness (QED) is 0.859. The number of halogens is 3. The molecule has 24 heavy (non-hydrogen) atoms. The van der Waals surface area contributed by atoms with Crippen LogP contribution in [0.25, 0.3) is 0 Å². The van der Waals surface area contributed by atoms with Crippen molar-refractivity contribution >= 4 is 22.9 Å². The van der Waals surface area contributed by atoms with Gasteiger partial charge in [-0.3, -0.25) is 4.79 Å². The number of nitrogens with zero attached hydrogens (tertiary/aromatic N) is 1. The average Bonchev–Trinajstić information content (AvgIpc) is 2.93. The molecule has 2 rings (SSSR count). The van der Waals surface area contributed by atoms with Crippen LogP contribution < -0.4 is 10.1 Å². The van der Waals surface area contributed by atoms with Crippen molar-refractivity contribution in [3.63, 3.8) is 0 Å². The fraction of sp³-hybridized carbons (Fsp3) is 0.333. The maximum absolute atomic E-state index is 13.3. The Morgan fingerprint density at radius 3 is 2.67 bits per heavy atom. The molecule has 0 saturated heterocycles. The van der Waals surface area contributed by atoms with E-state index < -0.39 is 29.1 Å². The van der Waals surface area contributed by atoms with Gasteiger partial charge in [0.05, 0.1) is 13.5 Å². The molecule has 0 radical (unpaired) electrons. The molecular weight excluding hydrogens is 345 g/mol. The first-order chi connectivity index (χ1) is 11.2. The van der Waals surface area contributed by atoms with Crippen LogP contribution in [0.1, 0.15) is 17.1 Å². The Hall–Kier alpha value is -2.13. The summed E-state index contributed by atoms with van der Waals surface area (Å²) in [7, 11) is 1.42. The number of amides is 1. The highest BCUT2D eigenvalue weighted by Gasteiger charge is 2.58. The number of carbonyl (C=O) groups excluding carboxylic acids is 1. The summed E-state index contributed by atoms with van der Waals surface area (Å²) in [6.45, 7) is 1.51. The number of thiazole rings is 1. The number of nitrogens with one attached hydrogen (secondary N) is 1. The van der Waals surface area contributed by atoms with Crippen molar-refractivity contribution in [2.45, 2.75) is 25.1 Å². The fourth-order valence-corrected chi connectivity index (χ4v) is 2.89. The monoisotopic (exact) mass is 360 g/mol. The van der Waals surface area contributed by atoms with E-state index in [0.717, 1.165) is 0 Å². The summed E-state index contributed by atoms with van der Waals surface area (Å²) < 4.78 is 45.0. The zero-order valence-corrected chi connectivity index (χ0v) is 13.7. The largest absolute Gasteiger partial charge is 0.497 e. The first kappa shape index (κ1) is 18.2. The molecule has 1 aromatic heterocycles. The lowest BCUT2D eigenvalue weighted by Crippen LogP contribution is -2.45. The number of benzene rings is 1.